The average molecular weight is 305 g/mol. The highest BCUT2D eigenvalue weighted by molar-refractivity contribution is 7.94. The van der Waals surface area contributed by atoms with Crippen molar-refractivity contribution in [2.75, 3.05) is 18.4 Å². The fourth-order valence-electron chi connectivity index (χ4n) is 1.67. The molecule has 0 aliphatic carbocycles. The summed E-state index contributed by atoms with van der Waals surface area (Å²) >= 11 is 1.28. The van der Waals surface area contributed by atoms with Crippen LogP contribution in [0.25, 0.3) is 0 Å². The molecule has 0 bridgehead atoms. The number of fused-ring (bicyclic) bond motifs is 1. The first kappa shape index (κ1) is 14.2. The highest BCUT2D eigenvalue weighted by atomic mass is 32.2. The van der Waals surface area contributed by atoms with Gasteiger partial charge in [0.2, 0.25) is 10.0 Å². The van der Waals surface area contributed by atoms with Crippen LogP contribution in [-0.2, 0) is 32.5 Å². The molecule has 1 unspecified atom stereocenters. The third-order valence-corrected chi connectivity index (χ3v) is 5.57. The number of hydrogen-bond donors (Lipinski definition) is 2. The number of esters is 1. The van der Waals surface area contributed by atoms with E-state index in [1.807, 2.05) is 0 Å². The number of nitrogens with zero attached hydrogens (tertiary/aromatic N) is 1. The molecule has 0 amide bonds. The predicted octanol–water partition coefficient (Wildman–Crippen LogP) is 0.0920. The molecule has 1 aromatic rings. The van der Waals surface area contributed by atoms with Gasteiger partial charge in [0.15, 0.2) is 10.4 Å². The van der Waals surface area contributed by atoms with E-state index in [1.54, 1.807) is 0 Å². The van der Waals surface area contributed by atoms with Crippen molar-refractivity contribution in [3.8, 4) is 0 Å². The monoisotopic (exact) mass is 305 g/mol. The number of nitrogens with one attached hydrogen (secondary N) is 2. The van der Waals surface area contributed by atoms with Gasteiger partial charge in [-0.05, 0) is 6.92 Å². The number of carbonyl (C=O) groups is 1. The van der Waals surface area contributed by atoms with Crippen LogP contribution in [-0.4, -0.2) is 38.3 Å². The van der Waals surface area contributed by atoms with Crippen molar-refractivity contribution in [1.29, 1.82) is 0 Å². The second-order valence-corrected chi connectivity index (χ2v) is 7.21. The molecule has 1 aromatic heterocycles. The Morgan fingerprint density at radius 1 is 1.58 bits per heavy atom. The van der Waals surface area contributed by atoms with Gasteiger partial charge in [-0.2, -0.15) is 0 Å². The maximum atomic E-state index is 12.0. The van der Waals surface area contributed by atoms with E-state index in [9.17, 15) is 13.2 Å². The molecule has 0 radical (unpaired) electrons. The van der Waals surface area contributed by atoms with Crippen LogP contribution in [0.5, 0.6) is 0 Å². The minimum Gasteiger partial charge on any atom is -0.468 e. The number of sulfonamides is 1. The lowest BCUT2D eigenvalue weighted by Crippen LogP contribution is -2.33. The van der Waals surface area contributed by atoms with E-state index in [2.05, 4.69) is 19.8 Å². The minimum atomic E-state index is -3.82. The van der Waals surface area contributed by atoms with Crippen LogP contribution >= 0.6 is 11.3 Å². The summed E-state index contributed by atoms with van der Waals surface area (Å²) in [7, 11) is -2.67. The lowest BCUT2D eigenvalue weighted by atomic mass is 10.2. The number of aromatic nitrogens is 1. The van der Waals surface area contributed by atoms with E-state index in [4.69, 9.17) is 0 Å². The zero-order valence-electron chi connectivity index (χ0n) is 10.6. The molecule has 106 valence electrons. The van der Waals surface area contributed by atoms with Crippen molar-refractivity contribution < 1.29 is 17.9 Å². The van der Waals surface area contributed by atoms with Crippen LogP contribution < -0.4 is 10.0 Å². The van der Waals surface area contributed by atoms with E-state index in [1.165, 1.54) is 18.3 Å². The standard InChI is InChI=1S/C10H15N3O4S2/c1-6(9(14)17-2)19(15,16)13-10-12-7-3-4-11-5-8(7)18-10/h6,11H,3-5H2,1-2H3,(H,12,13). The quantitative estimate of drug-likeness (QED) is 0.765. The first-order chi connectivity index (χ1) is 8.94. The number of ether oxygens (including phenoxy) is 1. The molecule has 1 aliphatic heterocycles. The normalized spacial score (nSPS) is 16.5. The number of anilines is 1. The van der Waals surface area contributed by atoms with E-state index in [-0.39, 0.29) is 0 Å². The van der Waals surface area contributed by atoms with Gasteiger partial charge >= 0.3 is 5.97 Å². The van der Waals surface area contributed by atoms with Crippen LogP contribution in [0.4, 0.5) is 5.13 Å². The summed E-state index contributed by atoms with van der Waals surface area (Å²) in [5, 5.41) is 2.22. The molecule has 19 heavy (non-hydrogen) atoms. The summed E-state index contributed by atoms with van der Waals surface area (Å²) < 4.78 is 30.7. The molecule has 1 atom stereocenters. The summed E-state index contributed by atoms with van der Waals surface area (Å²) in [5.41, 5.74) is 0.909. The number of methoxy groups -OCH3 is 1. The second kappa shape index (κ2) is 5.43. The van der Waals surface area contributed by atoms with Crippen LogP contribution in [0.3, 0.4) is 0 Å². The Morgan fingerprint density at radius 2 is 2.32 bits per heavy atom. The largest absolute Gasteiger partial charge is 0.468 e. The Balaban J connectivity index is 2.16. The van der Waals surface area contributed by atoms with Gasteiger partial charge in [0.05, 0.1) is 12.8 Å². The lowest BCUT2D eigenvalue weighted by Gasteiger charge is -2.10. The summed E-state index contributed by atoms with van der Waals surface area (Å²) in [6.45, 7) is 2.81. The first-order valence-corrected chi connectivity index (χ1v) is 8.09. The zero-order valence-corrected chi connectivity index (χ0v) is 12.2. The Kier molecular flexibility index (Phi) is 4.07. The van der Waals surface area contributed by atoms with Crippen molar-refractivity contribution in [2.24, 2.45) is 0 Å². The molecule has 0 saturated carbocycles. The van der Waals surface area contributed by atoms with Gasteiger partial charge in [0.1, 0.15) is 0 Å². The van der Waals surface area contributed by atoms with Gasteiger partial charge in [0.25, 0.3) is 0 Å². The number of hydrogen-bond acceptors (Lipinski definition) is 7. The van der Waals surface area contributed by atoms with Crippen molar-refractivity contribution in [2.45, 2.75) is 25.1 Å². The molecule has 0 aromatic carbocycles. The Morgan fingerprint density at radius 3 is 2.95 bits per heavy atom. The molecule has 0 saturated heterocycles. The molecular weight excluding hydrogens is 290 g/mol. The zero-order chi connectivity index (χ0) is 14.0. The summed E-state index contributed by atoms with van der Waals surface area (Å²) in [4.78, 5) is 16.5. The maximum absolute atomic E-state index is 12.0. The molecule has 7 nitrogen and oxygen atoms in total. The molecular formula is C10H15N3O4S2. The Hall–Kier alpha value is -1.19. The molecule has 9 heteroatoms. The highest BCUT2D eigenvalue weighted by Gasteiger charge is 2.30. The predicted molar refractivity (Wildman–Crippen MR) is 71.5 cm³/mol. The van der Waals surface area contributed by atoms with Gasteiger partial charge in [-0.1, -0.05) is 11.3 Å². The molecule has 1 aliphatic rings. The fourth-order valence-corrected chi connectivity index (χ4v) is 3.83. The van der Waals surface area contributed by atoms with Crippen molar-refractivity contribution in [3.63, 3.8) is 0 Å². The second-order valence-electron chi connectivity index (χ2n) is 4.13. The molecule has 2 rings (SSSR count). The summed E-state index contributed by atoms with van der Waals surface area (Å²) in [6, 6.07) is 0. The summed E-state index contributed by atoms with van der Waals surface area (Å²) in [5.74, 6) is -0.796. The topological polar surface area (TPSA) is 97.4 Å². The van der Waals surface area contributed by atoms with Crippen LogP contribution in [0.2, 0.25) is 0 Å². The molecule has 2 N–H and O–H groups in total. The number of carbonyl (C=O) groups excluding carboxylic acids is 1. The van der Waals surface area contributed by atoms with Crippen molar-refractivity contribution >= 4 is 32.5 Å². The number of thiazole rings is 1. The van der Waals surface area contributed by atoms with E-state index >= 15 is 0 Å². The maximum Gasteiger partial charge on any atom is 0.325 e. The molecule has 0 fully saturated rings. The Bertz CT molecular complexity index is 558. The third-order valence-electron chi connectivity index (χ3n) is 2.83. The van der Waals surface area contributed by atoms with Crippen LogP contribution in [0, 0.1) is 0 Å². The molecule has 0 spiro atoms. The van der Waals surface area contributed by atoms with Gasteiger partial charge in [-0.15, -0.1) is 0 Å². The van der Waals surface area contributed by atoms with E-state index < -0.39 is 21.2 Å². The lowest BCUT2D eigenvalue weighted by molar-refractivity contribution is -0.139. The number of rotatable bonds is 4. The Labute approximate surface area is 115 Å². The van der Waals surface area contributed by atoms with Crippen LogP contribution in [0.15, 0.2) is 0 Å². The fraction of sp³-hybridized carbons (Fsp3) is 0.600. The van der Waals surface area contributed by atoms with Crippen LogP contribution in [0.1, 0.15) is 17.5 Å². The summed E-state index contributed by atoms with van der Waals surface area (Å²) in [6.07, 6.45) is 0.778. The smallest absolute Gasteiger partial charge is 0.325 e. The van der Waals surface area contributed by atoms with Crippen molar-refractivity contribution in [3.05, 3.63) is 10.6 Å². The average Bonchev–Trinajstić information content (AvgIpc) is 2.77. The van der Waals surface area contributed by atoms with Gasteiger partial charge in [-0.25, -0.2) is 13.4 Å². The highest BCUT2D eigenvalue weighted by Crippen LogP contribution is 2.26. The SMILES string of the molecule is COC(=O)C(C)S(=O)(=O)Nc1nc2c(s1)CNCC2. The first-order valence-electron chi connectivity index (χ1n) is 5.73. The minimum absolute atomic E-state index is 0.296. The van der Waals surface area contributed by atoms with E-state index in [0.717, 1.165) is 30.6 Å². The van der Waals surface area contributed by atoms with Gasteiger partial charge in [0, 0.05) is 24.4 Å². The molecule has 2 heterocycles. The third kappa shape index (κ3) is 3.04. The van der Waals surface area contributed by atoms with Gasteiger partial charge < -0.3 is 10.1 Å². The van der Waals surface area contributed by atoms with Gasteiger partial charge in [-0.3, -0.25) is 9.52 Å². The van der Waals surface area contributed by atoms with E-state index in [0.29, 0.717) is 11.7 Å². The van der Waals surface area contributed by atoms with Crippen molar-refractivity contribution in [1.82, 2.24) is 10.3 Å².